The van der Waals surface area contributed by atoms with Crippen molar-refractivity contribution in [2.45, 2.75) is 6.61 Å². The van der Waals surface area contributed by atoms with Gasteiger partial charge in [0.1, 0.15) is 6.61 Å². The second kappa shape index (κ2) is 5.74. The van der Waals surface area contributed by atoms with Gasteiger partial charge in [0.25, 0.3) is 0 Å². The molecule has 4 aromatic carbocycles. The fraction of sp³-hybridized carbons (Fsp3) is 0.0385. The van der Waals surface area contributed by atoms with Gasteiger partial charge in [0.2, 0.25) is 0 Å². The largest absolute Gasteiger partial charge is 0.459 e. The van der Waals surface area contributed by atoms with Gasteiger partial charge in [0.05, 0.1) is 38.7 Å². The molecule has 0 unspecified atom stereocenters. The smallest absolute Gasteiger partial charge is 0.302 e. The Morgan fingerprint density at radius 3 is 2.33 bits per heavy atom. The lowest BCUT2D eigenvalue weighted by atomic mass is 10.1. The van der Waals surface area contributed by atoms with Crippen molar-refractivity contribution < 1.29 is 15.7 Å². The van der Waals surface area contributed by atoms with E-state index >= 15 is 0 Å². The number of imidazole rings is 1. The van der Waals surface area contributed by atoms with E-state index in [9.17, 15) is 0 Å². The standard InChI is InChI=1S/C26H17N3O/c1-4-10-22-17(7-1)16-30-26-27-21-15-18(13-14-25(21)29(22)26)28-23-11-5-2-8-19(23)20-9-3-6-12-24(20)28/h1-15H,16H2/i2D,3D,5D,6D,8D,9D,11D,12D. The maximum Gasteiger partial charge on any atom is 0.302 e. The zero-order valence-electron chi connectivity index (χ0n) is 23.5. The van der Waals surface area contributed by atoms with E-state index in [-0.39, 0.29) is 46.0 Å². The van der Waals surface area contributed by atoms with E-state index in [0.717, 1.165) is 16.8 Å². The molecule has 0 spiro atoms. The van der Waals surface area contributed by atoms with Crippen LogP contribution in [0.1, 0.15) is 16.5 Å². The topological polar surface area (TPSA) is 32.0 Å². The first-order valence-electron chi connectivity index (χ1n) is 13.5. The van der Waals surface area contributed by atoms with Gasteiger partial charge in [-0.2, -0.15) is 4.98 Å². The SMILES string of the molecule is [2H]c1c([2H])c([2H])c2c(c1[2H])c1c([2H])c([2H])c([2H])c([2H])c1n2-c1ccc2c(c1)nc1n2-c2ccccc2CO1. The maximum absolute atomic E-state index is 8.68. The average Bonchev–Trinajstić information content (AvgIpc) is 3.49. The summed E-state index contributed by atoms with van der Waals surface area (Å²) in [6.07, 6.45) is 0. The fourth-order valence-corrected chi connectivity index (χ4v) is 4.19. The van der Waals surface area contributed by atoms with E-state index in [0.29, 0.717) is 23.8 Å². The summed E-state index contributed by atoms with van der Waals surface area (Å²) in [4.78, 5) is 4.65. The molecule has 0 atom stereocenters. The number of nitrogens with zero attached hydrogens (tertiary/aromatic N) is 3. The Hall–Kier alpha value is -4.05. The van der Waals surface area contributed by atoms with Crippen LogP contribution in [0.3, 0.4) is 0 Å². The second-order valence-electron chi connectivity index (χ2n) is 7.10. The van der Waals surface area contributed by atoms with Crippen LogP contribution in [0.25, 0.3) is 44.2 Å². The predicted molar refractivity (Wildman–Crippen MR) is 120 cm³/mol. The molecule has 0 bridgehead atoms. The highest BCUT2D eigenvalue weighted by atomic mass is 16.5. The van der Waals surface area contributed by atoms with Gasteiger partial charge in [0, 0.05) is 22.0 Å². The molecule has 0 radical (unpaired) electrons. The van der Waals surface area contributed by atoms with Crippen LogP contribution in [0.5, 0.6) is 6.01 Å². The summed E-state index contributed by atoms with van der Waals surface area (Å²) < 4.78 is 76.7. The molecule has 0 fully saturated rings. The maximum atomic E-state index is 8.68. The van der Waals surface area contributed by atoms with E-state index in [2.05, 4.69) is 4.98 Å². The van der Waals surface area contributed by atoms with Gasteiger partial charge in [-0.05, 0) is 36.4 Å². The van der Waals surface area contributed by atoms with Crippen molar-refractivity contribution in [2.75, 3.05) is 0 Å². The number of ether oxygens (including phenoxy) is 1. The van der Waals surface area contributed by atoms with Gasteiger partial charge < -0.3 is 9.30 Å². The summed E-state index contributed by atoms with van der Waals surface area (Å²) in [7, 11) is 0. The second-order valence-corrected chi connectivity index (χ2v) is 7.10. The molecule has 1 aliphatic heterocycles. The number of para-hydroxylation sites is 3. The number of hydrogen-bond donors (Lipinski definition) is 0. The summed E-state index contributed by atoms with van der Waals surface area (Å²) in [6, 6.07) is 10.3. The highest BCUT2D eigenvalue weighted by molar-refractivity contribution is 6.09. The van der Waals surface area contributed by atoms with Crippen LogP contribution in [0.4, 0.5) is 0 Å². The number of fused-ring (bicyclic) bond motifs is 8. The van der Waals surface area contributed by atoms with E-state index in [1.54, 1.807) is 12.1 Å². The Morgan fingerprint density at radius 2 is 1.53 bits per heavy atom. The molecular weight excluding hydrogens is 370 g/mol. The fourth-order valence-electron chi connectivity index (χ4n) is 4.19. The van der Waals surface area contributed by atoms with Crippen LogP contribution in [-0.4, -0.2) is 14.1 Å². The molecule has 30 heavy (non-hydrogen) atoms. The van der Waals surface area contributed by atoms with Crippen molar-refractivity contribution in [2.24, 2.45) is 0 Å². The molecule has 3 heterocycles. The number of rotatable bonds is 1. The quantitative estimate of drug-likeness (QED) is 0.341. The Labute approximate surface area is 183 Å². The van der Waals surface area contributed by atoms with Crippen LogP contribution < -0.4 is 4.74 Å². The molecule has 2 aromatic heterocycles. The van der Waals surface area contributed by atoms with E-state index in [4.69, 9.17) is 15.7 Å². The summed E-state index contributed by atoms with van der Waals surface area (Å²) in [5.74, 6) is 0. The van der Waals surface area contributed by atoms with E-state index in [1.807, 2.05) is 34.9 Å². The molecule has 0 amide bonds. The average molecular weight is 395 g/mol. The first kappa shape index (κ1) is 10.1. The van der Waals surface area contributed by atoms with Crippen LogP contribution in [0.15, 0.2) is 90.8 Å². The summed E-state index contributed by atoms with van der Waals surface area (Å²) in [5.41, 5.74) is 3.87. The lowest BCUT2D eigenvalue weighted by molar-refractivity contribution is 0.265. The molecule has 0 N–H and O–H groups in total. The van der Waals surface area contributed by atoms with E-state index < -0.39 is 24.2 Å². The molecule has 4 nitrogen and oxygen atoms in total. The minimum absolute atomic E-state index is 0.0412. The van der Waals surface area contributed by atoms with Gasteiger partial charge in [-0.15, -0.1) is 0 Å². The summed E-state index contributed by atoms with van der Waals surface area (Å²) in [5, 5.41) is 0.0824. The Morgan fingerprint density at radius 1 is 0.800 bits per heavy atom. The number of benzene rings is 4. The van der Waals surface area contributed by atoms with Crippen molar-refractivity contribution in [1.29, 1.82) is 0 Å². The van der Waals surface area contributed by atoms with Gasteiger partial charge in [-0.1, -0.05) is 54.5 Å². The lowest BCUT2D eigenvalue weighted by Gasteiger charge is -2.19. The molecule has 0 saturated carbocycles. The zero-order valence-corrected chi connectivity index (χ0v) is 15.5. The zero-order chi connectivity index (χ0) is 26.6. The normalized spacial score (nSPS) is 16.5. The highest BCUT2D eigenvalue weighted by Gasteiger charge is 2.21. The van der Waals surface area contributed by atoms with Crippen molar-refractivity contribution in [3.05, 3.63) is 96.4 Å². The third kappa shape index (κ3) is 2.02. The summed E-state index contributed by atoms with van der Waals surface area (Å²) >= 11 is 0. The van der Waals surface area contributed by atoms with Crippen LogP contribution in [-0.2, 0) is 6.61 Å². The molecule has 4 heteroatoms. The van der Waals surface area contributed by atoms with E-state index in [1.165, 1.54) is 4.57 Å². The van der Waals surface area contributed by atoms with Crippen LogP contribution in [0, 0.1) is 0 Å². The molecule has 6 aromatic rings. The first-order chi connectivity index (χ1) is 18.2. The highest BCUT2D eigenvalue weighted by Crippen LogP contribution is 2.36. The van der Waals surface area contributed by atoms with Crippen molar-refractivity contribution in [1.82, 2.24) is 14.1 Å². The first-order valence-corrected chi connectivity index (χ1v) is 9.45. The third-order valence-electron chi connectivity index (χ3n) is 5.49. The van der Waals surface area contributed by atoms with Crippen molar-refractivity contribution in [3.8, 4) is 17.4 Å². The Bertz CT molecular complexity index is 1950. The molecule has 1 aliphatic rings. The number of aromatic nitrogens is 3. The van der Waals surface area contributed by atoms with Gasteiger partial charge in [-0.25, -0.2) is 0 Å². The minimum Gasteiger partial charge on any atom is -0.459 e. The van der Waals surface area contributed by atoms with Gasteiger partial charge >= 0.3 is 6.01 Å². The summed E-state index contributed by atoms with van der Waals surface area (Å²) in [6.45, 7) is 0.381. The molecule has 0 saturated heterocycles. The van der Waals surface area contributed by atoms with Crippen molar-refractivity contribution in [3.63, 3.8) is 0 Å². The molecular formula is C26H17N3O. The van der Waals surface area contributed by atoms with Crippen LogP contribution in [0.2, 0.25) is 0 Å². The van der Waals surface area contributed by atoms with Gasteiger partial charge in [0.15, 0.2) is 0 Å². The molecule has 0 aliphatic carbocycles. The molecule has 142 valence electrons. The Kier molecular flexibility index (Phi) is 1.94. The molecule has 7 rings (SSSR count). The minimum atomic E-state index is -0.470. The predicted octanol–water partition coefficient (Wildman–Crippen LogP) is 6.02. The third-order valence-corrected chi connectivity index (χ3v) is 5.49. The monoisotopic (exact) mass is 395 g/mol. The van der Waals surface area contributed by atoms with Gasteiger partial charge in [-0.3, -0.25) is 4.57 Å². The van der Waals surface area contributed by atoms with Crippen LogP contribution >= 0.6 is 0 Å². The van der Waals surface area contributed by atoms with Crippen molar-refractivity contribution >= 4 is 32.8 Å². The number of hydrogen-bond acceptors (Lipinski definition) is 2. The Balaban J connectivity index is 1.63. The lowest BCUT2D eigenvalue weighted by Crippen LogP contribution is -2.11.